The van der Waals surface area contributed by atoms with Crippen LogP contribution < -0.4 is 10.6 Å². The average Bonchev–Trinajstić information content (AvgIpc) is 2.26. The quantitative estimate of drug-likeness (QED) is 0.747. The molecular formula is C13H20N2. The summed E-state index contributed by atoms with van der Waals surface area (Å²) in [6.45, 7) is 9.76. The maximum absolute atomic E-state index is 5.95. The van der Waals surface area contributed by atoms with Gasteiger partial charge >= 0.3 is 0 Å². The molecule has 0 bridgehead atoms. The van der Waals surface area contributed by atoms with Gasteiger partial charge < -0.3 is 10.6 Å². The van der Waals surface area contributed by atoms with Gasteiger partial charge in [-0.2, -0.15) is 0 Å². The molecule has 0 saturated heterocycles. The maximum atomic E-state index is 5.95. The van der Waals surface area contributed by atoms with Crippen molar-refractivity contribution in [3.63, 3.8) is 0 Å². The van der Waals surface area contributed by atoms with E-state index in [2.05, 4.69) is 30.5 Å². The van der Waals surface area contributed by atoms with E-state index in [1.807, 2.05) is 25.1 Å². The average molecular weight is 204 g/mol. The molecule has 1 atom stereocenters. The molecule has 82 valence electrons. The van der Waals surface area contributed by atoms with Crippen molar-refractivity contribution in [2.75, 3.05) is 18.0 Å². The van der Waals surface area contributed by atoms with Crippen molar-refractivity contribution < 1.29 is 0 Å². The van der Waals surface area contributed by atoms with E-state index >= 15 is 0 Å². The predicted octanol–water partition coefficient (Wildman–Crippen LogP) is 2.72. The molecule has 0 saturated carbocycles. The predicted molar refractivity (Wildman–Crippen MR) is 67.1 cm³/mol. The summed E-state index contributed by atoms with van der Waals surface area (Å²) in [6.07, 6.45) is 1.92. The molecule has 0 aliphatic carbocycles. The second-order valence-corrected chi connectivity index (χ2v) is 3.67. The lowest BCUT2D eigenvalue weighted by atomic mass is 10.1. The van der Waals surface area contributed by atoms with Gasteiger partial charge in [0.1, 0.15) is 0 Å². The van der Waals surface area contributed by atoms with Crippen LogP contribution >= 0.6 is 0 Å². The number of hydrogen-bond acceptors (Lipinski definition) is 2. The molecule has 0 aliphatic heterocycles. The van der Waals surface area contributed by atoms with Crippen LogP contribution in [0.3, 0.4) is 0 Å². The summed E-state index contributed by atoms with van der Waals surface area (Å²) in [6, 6.07) is 8.36. The van der Waals surface area contributed by atoms with Crippen LogP contribution in [0.15, 0.2) is 36.9 Å². The SMILES string of the molecule is C=CCN(CC)c1ccccc1C(C)N. The van der Waals surface area contributed by atoms with E-state index in [4.69, 9.17) is 5.73 Å². The van der Waals surface area contributed by atoms with Gasteiger partial charge in [-0.1, -0.05) is 24.3 Å². The Hall–Kier alpha value is -1.28. The molecule has 0 radical (unpaired) electrons. The molecular weight excluding hydrogens is 184 g/mol. The molecule has 0 aromatic heterocycles. The largest absolute Gasteiger partial charge is 0.368 e. The third kappa shape index (κ3) is 2.83. The van der Waals surface area contributed by atoms with Gasteiger partial charge in [0.15, 0.2) is 0 Å². The first-order valence-corrected chi connectivity index (χ1v) is 5.41. The molecule has 2 heteroatoms. The van der Waals surface area contributed by atoms with Crippen molar-refractivity contribution in [3.8, 4) is 0 Å². The fraction of sp³-hybridized carbons (Fsp3) is 0.385. The zero-order valence-electron chi connectivity index (χ0n) is 9.61. The van der Waals surface area contributed by atoms with Crippen molar-refractivity contribution in [1.82, 2.24) is 0 Å². The zero-order chi connectivity index (χ0) is 11.3. The van der Waals surface area contributed by atoms with Crippen molar-refractivity contribution in [2.24, 2.45) is 5.73 Å². The van der Waals surface area contributed by atoms with Crippen molar-refractivity contribution in [2.45, 2.75) is 19.9 Å². The van der Waals surface area contributed by atoms with Gasteiger partial charge in [-0.25, -0.2) is 0 Å². The Morgan fingerprint density at radius 3 is 2.67 bits per heavy atom. The first kappa shape index (κ1) is 11.8. The number of para-hydroxylation sites is 1. The number of hydrogen-bond donors (Lipinski definition) is 1. The second kappa shape index (κ2) is 5.56. The van der Waals surface area contributed by atoms with Gasteiger partial charge in [0.05, 0.1) is 0 Å². The Morgan fingerprint density at radius 2 is 2.13 bits per heavy atom. The molecule has 0 amide bonds. The highest BCUT2D eigenvalue weighted by atomic mass is 15.1. The molecule has 1 rings (SSSR count). The highest BCUT2D eigenvalue weighted by molar-refractivity contribution is 5.55. The molecule has 15 heavy (non-hydrogen) atoms. The first-order valence-electron chi connectivity index (χ1n) is 5.41. The van der Waals surface area contributed by atoms with Crippen molar-refractivity contribution in [1.29, 1.82) is 0 Å². The minimum Gasteiger partial charge on any atom is -0.368 e. The van der Waals surface area contributed by atoms with Crippen molar-refractivity contribution >= 4 is 5.69 Å². The lowest BCUT2D eigenvalue weighted by molar-refractivity contribution is 0.798. The maximum Gasteiger partial charge on any atom is 0.0417 e. The third-order valence-electron chi connectivity index (χ3n) is 2.50. The van der Waals surface area contributed by atoms with E-state index in [0.29, 0.717) is 0 Å². The van der Waals surface area contributed by atoms with Gasteiger partial charge in [0.25, 0.3) is 0 Å². The molecule has 0 spiro atoms. The van der Waals surface area contributed by atoms with Crippen LogP contribution in [-0.4, -0.2) is 13.1 Å². The van der Waals surface area contributed by atoms with Crippen molar-refractivity contribution in [3.05, 3.63) is 42.5 Å². The van der Waals surface area contributed by atoms with E-state index in [-0.39, 0.29) is 6.04 Å². The van der Waals surface area contributed by atoms with Crippen LogP contribution in [0.4, 0.5) is 5.69 Å². The molecule has 1 aromatic rings. The minimum atomic E-state index is 0.0695. The van der Waals surface area contributed by atoms with Crippen LogP contribution in [0.1, 0.15) is 25.5 Å². The number of likely N-dealkylation sites (N-methyl/N-ethyl adjacent to an activating group) is 1. The summed E-state index contributed by atoms with van der Waals surface area (Å²) in [7, 11) is 0. The molecule has 1 unspecified atom stereocenters. The lowest BCUT2D eigenvalue weighted by Crippen LogP contribution is -2.25. The molecule has 2 N–H and O–H groups in total. The number of rotatable bonds is 5. The van der Waals surface area contributed by atoms with Crippen LogP contribution in [-0.2, 0) is 0 Å². The van der Waals surface area contributed by atoms with Gasteiger partial charge in [-0.15, -0.1) is 6.58 Å². The number of nitrogens with two attached hydrogens (primary N) is 1. The van der Waals surface area contributed by atoms with Gasteiger partial charge in [0.2, 0.25) is 0 Å². The smallest absolute Gasteiger partial charge is 0.0417 e. The minimum absolute atomic E-state index is 0.0695. The monoisotopic (exact) mass is 204 g/mol. The topological polar surface area (TPSA) is 29.3 Å². The van der Waals surface area contributed by atoms with E-state index in [1.165, 1.54) is 11.3 Å². The Kier molecular flexibility index (Phi) is 4.37. The van der Waals surface area contributed by atoms with Gasteiger partial charge in [0, 0.05) is 24.8 Å². The normalized spacial score (nSPS) is 12.2. The fourth-order valence-electron chi connectivity index (χ4n) is 1.71. The first-order chi connectivity index (χ1) is 7.20. The Labute approximate surface area is 92.4 Å². The summed E-state index contributed by atoms with van der Waals surface area (Å²) < 4.78 is 0. The molecule has 0 aliphatic rings. The lowest BCUT2D eigenvalue weighted by Gasteiger charge is -2.25. The molecule has 0 fully saturated rings. The standard InChI is InChI=1S/C13H20N2/c1-4-10-15(5-2)13-9-7-6-8-12(13)11(3)14/h4,6-9,11H,1,5,10,14H2,2-3H3. The van der Waals surface area contributed by atoms with E-state index in [0.717, 1.165) is 13.1 Å². The number of nitrogens with zero attached hydrogens (tertiary/aromatic N) is 1. The van der Waals surface area contributed by atoms with Gasteiger partial charge in [-0.3, -0.25) is 0 Å². The van der Waals surface area contributed by atoms with Crippen LogP contribution in [0.25, 0.3) is 0 Å². The Balaban J connectivity index is 3.04. The number of benzene rings is 1. The second-order valence-electron chi connectivity index (χ2n) is 3.67. The summed E-state index contributed by atoms with van der Waals surface area (Å²) in [5, 5.41) is 0. The van der Waals surface area contributed by atoms with Gasteiger partial charge in [-0.05, 0) is 25.5 Å². The van der Waals surface area contributed by atoms with E-state index in [1.54, 1.807) is 0 Å². The summed E-state index contributed by atoms with van der Waals surface area (Å²) in [5.74, 6) is 0. The van der Waals surface area contributed by atoms with Crippen LogP contribution in [0.2, 0.25) is 0 Å². The summed E-state index contributed by atoms with van der Waals surface area (Å²) >= 11 is 0. The molecule has 0 heterocycles. The van der Waals surface area contributed by atoms with E-state index < -0.39 is 0 Å². The highest BCUT2D eigenvalue weighted by Crippen LogP contribution is 2.24. The van der Waals surface area contributed by atoms with E-state index in [9.17, 15) is 0 Å². The van der Waals surface area contributed by atoms with Crippen LogP contribution in [0, 0.1) is 0 Å². The summed E-state index contributed by atoms with van der Waals surface area (Å²) in [5.41, 5.74) is 8.36. The zero-order valence-corrected chi connectivity index (χ0v) is 9.61. The molecule has 1 aromatic carbocycles. The van der Waals surface area contributed by atoms with Crippen LogP contribution in [0.5, 0.6) is 0 Å². The number of anilines is 1. The Morgan fingerprint density at radius 1 is 1.47 bits per heavy atom. The molecule has 2 nitrogen and oxygen atoms in total. The fourth-order valence-corrected chi connectivity index (χ4v) is 1.71. The third-order valence-corrected chi connectivity index (χ3v) is 2.50. The highest BCUT2D eigenvalue weighted by Gasteiger charge is 2.10. The summed E-state index contributed by atoms with van der Waals surface area (Å²) in [4.78, 5) is 2.27. The Bertz CT molecular complexity index is 318.